The number of benzene rings is 1. The summed E-state index contributed by atoms with van der Waals surface area (Å²) in [5, 5.41) is 17.7. The average molecular weight is 334 g/mol. The van der Waals surface area contributed by atoms with Gasteiger partial charge in [0.2, 0.25) is 0 Å². The van der Waals surface area contributed by atoms with Crippen molar-refractivity contribution in [2.75, 3.05) is 11.9 Å². The molecule has 2 heterocycles. The standard InChI is InChI=1S/C19H18N4O2/c1-11-6-5-9-16(20-11)23(2)19(25)18-14-10-15(24)12-7-3-4-8-13(12)17(14)21-22-18/h3-9,15,24H,10H2,1-2H3,(H,21,22). The number of carbonyl (C=O) groups is 1. The molecule has 4 rings (SSSR count). The normalized spacial score (nSPS) is 15.4. The molecule has 6 heteroatoms. The number of rotatable bonds is 2. The minimum absolute atomic E-state index is 0.224. The Bertz CT molecular complexity index is 964. The van der Waals surface area contributed by atoms with Gasteiger partial charge in [-0.05, 0) is 24.6 Å². The van der Waals surface area contributed by atoms with Crippen molar-refractivity contribution in [2.45, 2.75) is 19.4 Å². The topological polar surface area (TPSA) is 82.1 Å². The van der Waals surface area contributed by atoms with E-state index < -0.39 is 6.10 Å². The number of aryl methyl sites for hydroxylation is 1. The van der Waals surface area contributed by atoms with Crippen molar-refractivity contribution >= 4 is 11.7 Å². The molecule has 1 aliphatic rings. The number of amides is 1. The minimum atomic E-state index is -0.643. The Morgan fingerprint density at radius 1 is 1.24 bits per heavy atom. The van der Waals surface area contributed by atoms with Gasteiger partial charge < -0.3 is 5.11 Å². The molecule has 6 nitrogen and oxygen atoms in total. The molecular weight excluding hydrogens is 316 g/mol. The first-order chi connectivity index (χ1) is 12.1. The molecule has 3 aromatic rings. The van der Waals surface area contributed by atoms with Crippen LogP contribution in [0.2, 0.25) is 0 Å². The molecule has 2 N–H and O–H groups in total. The highest BCUT2D eigenvalue weighted by atomic mass is 16.3. The molecule has 0 aliphatic heterocycles. The molecule has 0 saturated carbocycles. The van der Waals surface area contributed by atoms with Crippen molar-refractivity contribution in [3.8, 4) is 11.3 Å². The third-order valence-corrected chi connectivity index (χ3v) is 4.58. The Hall–Kier alpha value is -2.99. The average Bonchev–Trinajstić information content (AvgIpc) is 3.04. The fraction of sp³-hybridized carbons (Fsp3) is 0.211. The van der Waals surface area contributed by atoms with Crippen LogP contribution in [0.5, 0.6) is 0 Å². The maximum atomic E-state index is 12.9. The van der Waals surface area contributed by atoms with Crippen LogP contribution in [-0.2, 0) is 6.42 Å². The van der Waals surface area contributed by atoms with Crippen LogP contribution in [0.1, 0.15) is 33.4 Å². The Labute approximate surface area is 145 Å². The molecule has 1 amide bonds. The lowest BCUT2D eigenvalue weighted by atomic mass is 9.87. The molecule has 126 valence electrons. The van der Waals surface area contributed by atoms with Crippen LogP contribution in [0, 0.1) is 6.92 Å². The van der Waals surface area contributed by atoms with Crippen LogP contribution >= 0.6 is 0 Å². The van der Waals surface area contributed by atoms with E-state index in [1.165, 1.54) is 4.90 Å². The highest BCUT2D eigenvalue weighted by molar-refractivity contribution is 6.06. The number of carbonyl (C=O) groups excluding carboxylic acids is 1. The summed E-state index contributed by atoms with van der Waals surface area (Å²) in [5.41, 5.74) is 4.42. The van der Waals surface area contributed by atoms with E-state index in [0.29, 0.717) is 17.9 Å². The SMILES string of the molecule is Cc1cccc(N(C)C(=O)c2[nH]nc3c2CC(O)c2ccccc2-3)n1. The first kappa shape index (κ1) is 15.5. The summed E-state index contributed by atoms with van der Waals surface area (Å²) in [4.78, 5) is 18.8. The molecule has 0 radical (unpaired) electrons. The molecule has 25 heavy (non-hydrogen) atoms. The number of fused-ring (bicyclic) bond motifs is 3. The van der Waals surface area contributed by atoms with Crippen molar-refractivity contribution in [3.05, 3.63) is 65.0 Å². The van der Waals surface area contributed by atoms with Crippen LogP contribution in [0.4, 0.5) is 5.82 Å². The van der Waals surface area contributed by atoms with Crippen molar-refractivity contribution in [1.82, 2.24) is 15.2 Å². The van der Waals surface area contributed by atoms with Crippen LogP contribution in [0.15, 0.2) is 42.5 Å². The van der Waals surface area contributed by atoms with Gasteiger partial charge in [0.05, 0.1) is 11.8 Å². The number of anilines is 1. The number of nitrogens with one attached hydrogen (secondary N) is 1. The molecule has 1 aliphatic carbocycles. The molecule has 2 aromatic heterocycles. The number of hydrogen-bond acceptors (Lipinski definition) is 4. The van der Waals surface area contributed by atoms with Crippen molar-refractivity contribution < 1.29 is 9.90 Å². The van der Waals surface area contributed by atoms with Crippen molar-refractivity contribution in [1.29, 1.82) is 0 Å². The maximum Gasteiger partial charge on any atom is 0.277 e. The van der Waals surface area contributed by atoms with Gasteiger partial charge >= 0.3 is 0 Å². The maximum absolute atomic E-state index is 12.9. The third kappa shape index (κ3) is 2.51. The van der Waals surface area contributed by atoms with Gasteiger partial charge in [-0.2, -0.15) is 5.10 Å². The second-order valence-corrected chi connectivity index (χ2v) is 6.23. The van der Waals surface area contributed by atoms with Gasteiger partial charge in [0.25, 0.3) is 5.91 Å². The predicted molar refractivity (Wildman–Crippen MR) is 94.4 cm³/mol. The molecular formula is C19H18N4O2. The number of nitrogens with zero attached hydrogens (tertiary/aromatic N) is 3. The zero-order chi connectivity index (χ0) is 17.6. The van der Waals surface area contributed by atoms with E-state index in [1.54, 1.807) is 13.1 Å². The smallest absolute Gasteiger partial charge is 0.277 e. The lowest BCUT2D eigenvalue weighted by Gasteiger charge is -2.22. The lowest BCUT2D eigenvalue weighted by molar-refractivity contribution is 0.0985. The van der Waals surface area contributed by atoms with E-state index in [4.69, 9.17) is 0 Å². The monoisotopic (exact) mass is 334 g/mol. The van der Waals surface area contributed by atoms with Gasteiger partial charge in [-0.3, -0.25) is 14.8 Å². The Kier molecular flexibility index (Phi) is 3.62. The summed E-state index contributed by atoms with van der Waals surface area (Å²) in [6, 6.07) is 13.1. The third-order valence-electron chi connectivity index (χ3n) is 4.58. The highest BCUT2D eigenvalue weighted by Gasteiger charge is 2.31. The van der Waals surface area contributed by atoms with Gasteiger partial charge in [-0.25, -0.2) is 4.98 Å². The van der Waals surface area contributed by atoms with Crippen LogP contribution in [-0.4, -0.2) is 33.2 Å². The Morgan fingerprint density at radius 2 is 2.04 bits per heavy atom. The molecule has 1 atom stereocenters. The van der Waals surface area contributed by atoms with Gasteiger partial charge in [-0.15, -0.1) is 0 Å². The first-order valence-electron chi connectivity index (χ1n) is 8.12. The number of hydrogen-bond donors (Lipinski definition) is 2. The number of H-pyrrole nitrogens is 1. The first-order valence-corrected chi connectivity index (χ1v) is 8.12. The number of aliphatic hydroxyl groups excluding tert-OH is 1. The number of aromatic amines is 1. The fourth-order valence-corrected chi connectivity index (χ4v) is 3.26. The molecule has 1 unspecified atom stereocenters. The van der Waals surface area contributed by atoms with E-state index in [1.807, 2.05) is 43.3 Å². The second-order valence-electron chi connectivity index (χ2n) is 6.23. The number of aliphatic hydroxyl groups is 1. The summed E-state index contributed by atoms with van der Waals surface area (Å²) >= 11 is 0. The largest absolute Gasteiger partial charge is 0.388 e. The van der Waals surface area contributed by atoms with E-state index in [2.05, 4.69) is 15.2 Å². The van der Waals surface area contributed by atoms with Crippen LogP contribution in [0.25, 0.3) is 11.3 Å². The summed E-state index contributed by atoms with van der Waals surface area (Å²) in [6.07, 6.45) is -0.283. The van der Waals surface area contributed by atoms with Gasteiger partial charge in [0.15, 0.2) is 0 Å². The van der Waals surface area contributed by atoms with E-state index >= 15 is 0 Å². The molecule has 1 aromatic carbocycles. The molecule has 0 spiro atoms. The summed E-state index contributed by atoms with van der Waals surface area (Å²) in [5.74, 6) is 0.350. The predicted octanol–water partition coefficient (Wildman–Crippen LogP) is 2.65. The Morgan fingerprint density at radius 3 is 2.84 bits per heavy atom. The summed E-state index contributed by atoms with van der Waals surface area (Å²) in [6.45, 7) is 1.88. The van der Waals surface area contributed by atoms with Gasteiger partial charge in [-0.1, -0.05) is 30.3 Å². The molecule has 0 fully saturated rings. The van der Waals surface area contributed by atoms with Crippen molar-refractivity contribution in [2.24, 2.45) is 0 Å². The van der Waals surface area contributed by atoms with Gasteiger partial charge in [0, 0.05) is 30.3 Å². The summed E-state index contributed by atoms with van der Waals surface area (Å²) in [7, 11) is 1.69. The summed E-state index contributed by atoms with van der Waals surface area (Å²) < 4.78 is 0. The van der Waals surface area contributed by atoms with Gasteiger partial charge in [0.1, 0.15) is 11.5 Å². The zero-order valence-corrected chi connectivity index (χ0v) is 14.0. The Balaban J connectivity index is 1.74. The number of aromatic nitrogens is 3. The van der Waals surface area contributed by atoms with Crippen LogP contribution < -0.4 is 4.90 Å². The number of pyridine rings is 1. The second kappa shape index (κ2) is 5.82. The van der Waals surface area contributed by atoms with E-state index in [-0.39, 0.29) is 5.91 Å². The molecule has 0 saturated heterocycles. The fourth-order valence-electron chi connectivity index (χ4n) is 3.26. The van der Waals surface area contributed by atoms with E-state index in [0.717, 1.165) is 28.1 Å². The quantitative estimate of drug-likeness (QED) is 0.755. The minimum Gasteiger partial charge on any atom is -0.388 e. The lowest BCUT2D eigenvalue weighted by Crippen LogP contribution is -2.29. The highest BCUT2D eigenvalue weighted by Crippen LogP contribution is 2.38. The van der Waals surface area contributed by atoms with Crippen LogP contribution in [0.3, 0.4) is 0 Å². The van der Waals surface area contributed by atoms with Crippen molar-refractivity contribution in [3.63, 3.8) is 0 Å². The molecule has 0 bridgehead atoms. The van der Waals surface area contributed by atoms with E-state index in [9.17, 15) is 9.90 Å². The zero-order valence-electron chi connectivity index (χ0n) is 14.0.